The van der Waals surface area contributed by atoms with Crippen molar-refractivity contribution in [2.75, 3.05) is 31.9 Å². The molecule has 6 aromatic carbocycles. The summed E-state index contributed by atoms with van der Waals surface area (Å²) >= 11 is 0. The number of fused-ring (bicyclic) bond motifs is 2. The Morgan fingerprint density at radius 2 is 0.725 bits per heavy atom. The molecular weight excluding hydrogens is 1150 g/mol. The maximum atomic E-state index is 13.6. The van der Waals surface area contributed by atoms with Gasteiger partial charge in [-0.25, -0.2) is 4.79 Å². The summed E-state index contributed by atoms with van der Waals surface area (Å²) in [4.78, 5) is 64.5. The molecular formula is C49H44N8Na2O17S4. The molecule has 31 heteroatoms. The van der Waals surface area contributed by atoms with Crippen LogP contribution in [0.4, 0.5) is 38.9 Å². The van der Waals surface area contributed by atoms with Crippen LogP contribution in [-0.2, 0) is 54.6 Å². The molecule has 0 atom stereocenters. The van der Waals surface area contributed by atoms with Crippen LogP contribution in [0.3, 0.4) is 0 Å². The SMILES string of the molecule is Cc1c(NC(=O)c2cccc(NC(=O)Nc3cccc(C(=O)Nc4cc(C(=O)Nc5ccc6c(S(=O)(=O)O)cccc6c5S(=O)(=O)O)n(C)c4C)c3)c2)cc(C(=O)Nc2ccc3c(S(=O)(=O)O)cccc3c2S(=O)(=O)O)n1C.[NaH].[NaH]. The Kier molecular flexibility index (Phi) is 18.5. The van der Waals surface area contributed by atoms with Gasteiger partial charge in [0.2, 0.25) is 0 Å². The van der Waals surface area contributed by atoms with Gasteiger partial charge in [-0.1, -0.05) is 48.5 Å². The first-order valence-electron chi connectivity index (χ1n) is 22.3. The number of hydrogen-bond acceptors (Lipinski definition) is 13. The standard InChI is InChI=1S/C49H42N8O17S4.2Na.2H/c1-25-37(23-39(56(25)3)47(60)52-35-19-17-31-33(43(35)77(69,70)71)13-7-15-41(31)75(63,64)65)54-45(58)27-9-5-11-29(21-27)50-49(62)51-30-12-6-10-28(22-30)46(59)55-38-24-40(57(4)26(38)2)48(61)53-36-20-18-32-34(44(36)78(72,73)74)14-8-16-42(32)76(66,67)68;;;;/h5-24H,1-4H3,(H,52,60)(H,53,61)(H,54,58)(H,55,59)(H2,50,51,62)(H,63,64,65)(H,66,67,68)(H,69,70,71)(H,72,73,74);;;;. The van der Waals surface area contributed by atoms with Crippen molar-refractivity contribution in [3.8, 4) is 0 Å². The van der Waals surface area contributed by atoms with Gasteiger partial charge in [0.25, 0.3) is 64.1 Å². The molecule has 0 aliphatic rings. The van der Waals surface area contributed by atoms with E-state index in [4.69, 9.17) is 0 Å². The minimum absolute atomic E-state index is 0. The second-order valence-electron chi connectivity index (χ2n) is 17.2. The molecule has 80 heavy (non-hydrogen) atoms. The van der Waals surface area contributed by atoms with E-state index in [9.17, 15) is 75.9 Å². The fraction of sp³-hybridized carbons (Fsp3) is 0.0816. The molecule has 25 nitrogen and oxygen atoms in total. The van der Waals surface area contributed by atoms with Gasteiger partial charge in [-0.3, -0.25) is 37.4 Å². The Balaban J connectivity index is 0.00000516. The van der Waals surface area contributed by atoms with E-state index in [-0.39, 0.29) is 126 Å². The van der Waals surface area contributed by atoms with Crippen molar-refractivity contribution in [2.24, 2.45) is 14.1 Å². The number of nitrogens with zero attached hydrogens (tertiary/aromatic N) is 2. The number of benzene rings is 6. The molecule has 0 saturated heterocycles. The van der Waals surface area contributed by atoms with Crippen molar-refractivity contribution in [1.29, 1.82) is 0 Å². The van der Waals surface area contributed by atoms with E-state index in [0.717, 1.165) is 48.5 Å². The summed E-state index contributed by atoms with van der Waals surface area (Å²) in [5, 5.41) is 14.2. The first-order valence-corrected chi connectivity index (χ1v) is 28.1. The van der Waals surface area contributed by atoms with Crippen LogP contribution in [0.5, 0.6) is 0 Å². The topological polar surface area (TPSA) is 385 Å². The third-order valence-corrected chi connectivity index (χ3v) is 16.0. The summed E-state index contributed by atoms with van der Waals surface area (Å²) in [5.74, 6) is -3.13. The number of aromatic nitrogens is 2. The number of carbonyl (C=O) groups excluding carboxylic acids is 5. The van der Waals surface area contributed by atoms with Crippen molar-refractivity contribution in [3.05, 3.63) is 155 Å². The average Bonchev–Trinajstić information content (AvgIpc) is 3.82. The molecule has 2 heterocycles. The minimum atomic E-state index is -5.11. The zero-order chi connectivity index (χ0) is 57.0. The summed E-state index contributed by atoms with van der Waals surface area (Å²) in [6.07, 6.45) is 0. The number of anilines is 6. The Morgan fingerprint density at radius 1 is 0.388 bits per heavy atom. The summed E-state index contributed by atoms with van der Waals surface area (Å²) in [5.41, 5.74) is 0.482. The summed E-state index contributed by atoms with van der Waals surface area (Å²) in [7, 11) is -16.9. The van der Waals surface area contributed by atoms with E-state index in [0.29, 0.717) is 11.4 Å². The maximum absolute atomic E-state index is 13.6. The number of hydrogen-bond donors (Lipinski definition) is 10. The molecule has 8 rings (SSSR count). The quantitative estimate of drug-likeness (QED) is 0.0466. The van der Waals surface area contributed by atoms with Crippen molar-refractivity contribution in [2.45, 2.75) is 33.4 Å². The van der Waals surface area contributed by atoms with Gasteiger partial charge in [0.1, 0.15) is 31.0 Å². The second kappa shape index (κ2) is 23.7. The van der Waals surface area contributed by atoms with Crippen molar-refractivity contribution >= 4 is 185 Å². The molecule has 0 bridgehead atoms. The normalized spacial score (nSPS) is 11.7. The fourth-order valence-electron chi connectivity index (χ4n) is 8.42. The number of nitrogens with one attached hydrogen (secondary N) is 6. The molecule has 408 valence electrons. The van der Waals surface area contributed by atoms with Crippen LogP contribution in [-0.4, -0.2) is 150 Å². The molecule has 0 saturated carbocycles. The number of rotatable bonds is 14. The van der Waals surface area contributed by atoms with Gasteiger partial charge in [0, 0.05) is 69.5 Å². The van der Waals surface area contributed by atoms with Gasteiger partial charge >= 0.3 is 65.1 Å². The van der Waals surface area contributed by atoms with E-state index in [2.05, 4.69) is 31.9 Å². The van der Waals surface area contributed by atoms with E-state index >= 15 is 0 Å². The van der Waals surface area contributed by atoms with Crippen LogP contribution in [0.25, 0.3) is 21.5 Å². The Hall–Kier alpha value is -6.81. The van der Waals surface area contributed by atoms with Gasteiger partial charge in [-0.2, -0.15) is 33.7 Å². The van der Waals surface area contributed by atoms with E-state index in [1.165, 1.54) is 96.0 Å². The molecule has 6 amide bonds. The molecule has 0 aliphatic heterocycles. The molecule has 2 aromatic heterocycles. The Labute approximate surface area is 500 Å². The van der Waals surface area contributed by atoms with Gasteiger partial charge in [0.15, 0.2) is 0 Å². The van der Waals surface area contributed by atoms with Crippen molar-refractivity contribution < 1.29 is 75.9 Å². The van der Waals surface area contributed by atoms with Crippen LogP contribution in [0.1, 0.15) is 53.1 Å². The predicted molar refractivity (Wildman–Crippen MR) is 299 cm³/mol. The van der Waals surface area contributed by atoms with Crippen LogP contribution < -0.4 is 31.9 Å². The molecule has 0 aliphatic carbocycles. The van der Waals surface area contributed by atoms with Gasteiger partial charge in [0.05, 0.1) is 22.7 Å². The van der Waals surface area contributed by atoms with Crippen LogP contribution in [0.15, 0.2) is 141 Å². The third-order valence-electron chi connectivity index (χ3n) is 12.3. The molecule has 10 N–H and O–H groups in total. The molecule has 0 unspecified atom stereocenters. The molecule has 0 radical (unpaired) electrons. The number of urea groups is 1. The van der Waals surface area contributed by atoms with Gasteiger partial charge in [-0.05, 0) is 86.6 Å². The Morgan fingerprint density at radius 3 is 1.06 bits per heavy atom. The molecule has 0 fully saturated rings. The van der Waals surface area contributed by atoms with Crippen LogP contribution >= 0.6 is 0 Å². The van der Waals surface area contributed by atoms with E-state index < -0.39 is 101 Å². The first-order chi connectivity index (χ1) is 36.4. The summed E-state index contributed by atoms with van der Waals surface area (Å²) in [6.45, 7) is 3.15. The number of amides is 6. The monoisotopic (exact) mass is 1190 g/mol. The summed E-state index contributed by atoms with van der Waals surface area (Å²) in [6, 6.07) is 24.4. The van der Waals surface area contributed by atoms with Crippen molar-refractivity contribution in [1.82, 2.24) is 9.13 Å². The molecule has 8 aromatic rings. The zero-order valence-corrected chi connectivity index (χ0v) is 43.9. The first kappa shape index (κ1) is 62.4. The average molecular weight is 1190 g/mol. The molecule has 0 spiro atoms. The van der Waals surface area contributed by atoms with Gasteiger partial charge in [-0.15, -0.1) is 0 Å². The number of carbonyl (C=O) groups is 5. The predicted octanol–water partition coefficient (Wildman–Crippen LogP) is 5.63. The van der Waals surface area contributed by atoms with Crippen LogP contribution in [0.2, 0.25) is 0 Å². The summed E-state index contributed by atoms with van der Waals surface area (Å²) < 4.78 is 141. The zero-order valence-electron chi connectivity index (χ0n) is 40.7. The fourth-order valence-corrected chi connectivity index (χ4v) is 11.5. The van der Waals surface area contributed by atoms with Crippen LogP contribution in [0, 0.1) is 13.8 Å². The van der Waals surface area contributed by atoms with Gasteiger partial charge < -0.3 is 41.0 Å². The van der Waals surface area contributed by atoms with E-state index in [1.807, 2.05) is 0 Å². The van der Waals surface area contributed by atoms with Crippen molar-refractivity contribution in [3.63, 3.8) is 0 Å². The van der Waals surface area contributed by atoms with E-state index in [1.54, 1.807) is 13.8 Å². The second-order valence-corrected chi connectivity index (χ2v) is 22.7. The Bertz CT molecular complexity index is 4120. The third kappa shape index (κ3) is 13.2.